The van der Waals surface area contributed by atoms with Crippen molar-refractivity contribution < 1.29 is 23.8 Å². The SMILES string of the molecule is C=CC[C@@H](OCc1ccccc1)[C@H](C)OC(=O)[C@H](C)NC(=O)OC(C)(C)C. The summed E-state index contributed by atoms with van der Waals surface area (Å²) < 4.78 is 16.5. The minimum atomic E-state index is -0.833. The van der Waals surface area contributed by atoms with Gasteiger partial charge in [-0.05, 0) is 46.6 Å². The van der Waals surface area contributed by atoms with Crippen LogP contribution in [0, 0.1) is 0 Å². The molecule has 3 atom stereocenters. The highest BCUT2D eigenvalue weighted by Crippen LogP contribution is 2.14. The second-order valence-electron chi connectivity index (χ2n) is 7.37. The Labute approximate surface area is 161 Å². The van der Waals surface area contributed by atoms with E-state index < -0.39 is 29.8 Å². The summed E-state index contributed by atoms with van der Waals surface area (Å²) in [7, 11) is 0. The fourth-order valence-electron chi connectivity index (χ4n) is 2.24. The van der Waals surface area contributed by atoms with Crippen molar-refractivity contribution in [3.63, 3.8) is 0 Å². The number of hydrogen-bond donors (Lipinski definition) is 1. The zero-order valence-corrected chi connectivity index (χ0v) is 16.9. The van der Waals surface area contributed by atoms with Gasteiger partial charge in [0.1, 0.15) is 17.7 Å². The van der Waals surface area contributed by atoms with Crippen LogP contribution < -0.4 is 5.32 Å². The summed E-state index contributed by atoms with van der Waals surface area (Å²) in [5, 5.41) is 2.47. The van der Waals surface area contributed by atoms with Gasteiger partial charge in [-0.1, -0.05) is 36.4 Å². The highest BCUT2D eigenvalue weighted by atomic mass is 16.6. The molecule has 0 fully saturated rings. The van der Waals surface area contributed by atoms with E-state index in [-0.39, 0.29) is 6.10 Å². The molecule has 6 heteroatoms. The van der Waals surface area contributed by atoms with Crippen LogP contribution in [0.15, 0.2) is 43.0 Å². The molecule has 6 nitrogen and oxygen atoms in total. The van der Waals surface area contributed by atoms with E-state index in [1.807, 2.05) is 30.3 Å². The summed E-state index contributed by atoms with van der Waals surface area (Å²) in [5.41, 5.74) is 0.395. The van der Waals surface area contributed by atoms with Gasteiger partial charge in [0.05, 0.1) is 12.7 Å². The van der Waals surface area contributed by atoms with Crippen LogP contribution in [0.4, 0.5) is 4.79 Å². The minimum Gasteiger partial charge on any atom is -0.458 e. The number of carbonyl (C=O) groups is 2. The molecule has 0 unspecified atom stereocenters. The topological polar surface area (TPSA) is 73.9 Å². The fraction of sp³-hybridized carbons (Fsp3) is 0.524. The highest BCUT2D eigenvalue weighted by Gasteiger charge is 2.26. The maximum absolute atomic E-state index is 12.3. The molecule has 0 saturated carbocycles. The number of carbonyl (C=O) groups excluding carboxylic acids is 2. The van der Waals surface area contributed by atoms with Gasteiger partial charge >= 0.3 is 12.1 Å². The van der Waals surface area contributed by atoms with Crippen molar-refractivity contribution in [1.29, 1.82) is 0 Å². The van der Waals surface area contributed by atoms with E-state index in [0.29, 0.717) is 13.0 Å². The molecule has 1 rings (SSSR count). The Bertz CT molecular complexity index is 609. The molecule has 150 valence electrons. The maximum atomic E-state index is 12.3. The third kappa shape index (κ3) is 9.24. The van der Waals surface area contributed by atoms with Crippen LogP contribution in [0.2, 0.25) is 0 Å². The van der Waals surface area contributed by atoms with Crippen molar-refractivity contribution in [2.24, 2.45) is 0 Å². The van der Waals surface area contributed by atoms with Gasteiger partial charge in [-0.15, -0.1) is 6.58 Å². The first-order chi connectivity index (χ1) is 12.6. The summed E-state index contributed by atoms with van der Waals surface area (Å²) in [4.78, 5) is 24.0. The van der Waals surface area contributed by atoms with E-state index in [2.05, 4.69) is 11.9 Å². The number of amides is 1. The molecule has 0 aliphatic heterocycles. The van der Waals surface area contributed by atoms with Gasteiger partial charge in [0, 0.05) is 0 Å². The number of rotatable bonds is 9. The molecule has 0 aliphatic carbocycles. The number of benzene rings is 1. The lowest BCUT2D eigenvalue weighted by molar-refractivity contribution is -0.158. The zero-order chi connectivity index (χ0) is 20.4. The molecule has 0 spiro atoms. The van der Waals surface area contributed by atoms with Gasteiger partial charge in [0.15, 0.2) is 0 Å². The molecule has 0 aliphatic rings. The molecule has 0 heterocycles. The maximum Gasteiger partial charge on any atom is 0.408 e. The molecule has 0 saturated heterocycles. The van der Waals surface area contributed by atoms with Crippen molar-refractivity contribution in [2.75, 3.05) is 0 Å². The Morgan fingerprint density at radius 1 is 1.19 bits per heavy atom. The van der Waals surface area contributed by atoms with Crippen molar-refractivity contribution in [3.8, 4) is 0 Å². The Kier molecular flexibility index (Phi) is 9.02. The van der Waals surface area contributed by atoms with Crippen LogP contribution in [0.5, 0.6) is 0 Å². The first-order valence-corrected chi connectivity index (χ1v) is 9.09. The van der Waals surface area contributed by atoms with E-state index in [1.165, 1.54) is 0 Å². The Hall–Kier alpha value is -2.34. The van der Waals surface area contributed by atoms with Gasteiger partial charge < -0.3 is 19.5 Å². The average molecular weight is 377 g/mol. The summed E-state index contributed by atoms with van der Waals surface area (Å²) >= 11 is 0. The lowest BCUT2D eigenvalue weighted by atomic mass is 10.1. The number of hydrogen-bond acceptors (Lipinski definition) is 5. The van der Waals surface area contributed by atoms with Crippen LogP contribution >= 0.6 is 0 Å². The first kappa shape index (κ1) is 22.7. The molecular weight excluding hydrogens is 346 g/mol. The largest absolute Gasteiger partial charge is 0.458 e. The van der Waals surface area contributed by atoms with Gasteiger partial charge in [-0.25, -0.2) is 9.59 Å². The summed E-state index contributed by atoms with van der Waals surface area (Å²) in [6.07, 6.45) is 0.766. The van der Waals surface area contributed by atoms with Crippen LogP contribution in [-0.4, -0.2) is 35.9 Å². The third-order valence-corrected chi connectivity index (χ3v) is 3.62. The number of nitrogens with one attached hydrogen (secondary N) is 1. The van der Waals surface area contributed by atoms with Gasteiger partial charge in [0.25, 0.3) is 0 Å². The van der Waals surface area contributed by atoms with E-state index >= 15 is 0 Å². The third-order valence-electron chi connectivity index (χ3n) is 3.62. The molecule has 0 radical (unpaired) electrons. The molecule has 1 aromatic rings. The standard InChI is InChI=1S/C21H31NO5/c1-7-11-18(25-14-17-12-9-8-10-13-17)16(3)26-19(23)15(2)22-20(24)27-21(4,5)6/h7-10,12-13,15-16,18H,1,11,14H2,2-6H3,(H,22,24)/t15-,16-,18+/m0/s1. The fourth-order valence-corrected chi connectivity index (χ4v) is 2.24. The van der Waals surface area contributed by atoms with Crippen molar-refractivity contribution in [1.82, 2.24) is 5.32 Å². The van der Waals surface area contributed by atoms with Crippen LogP contribution in [0.3, 0.4) is 0 Å². The van der Waals surface area contributed by atoms with Crippen molar-refractivity contribution in [3.05, 3.63) is 48.6 Å². The molecule has 27 heavy (non-hydrogen) atoms. The Morgan fingerprint density at radius 2 is 1.81 bits per heavy atom. The predicted octanol–water partition coefficient (Wildman–Crippen LogP) is 3.99. The summed E-state index contributed by atoms with van der Waals surface area (Å²) in [5.74, 6) is -0.550. The van der Waals surface area contributed by atoms with Crippen LogP contribution in [0.1, 0.15) is 46.6 Å². The van der Waals surface area contributed by atoms with Crippen LogP contribution in [0.25, 0.3) is 0 Å². The number of alkyl carbamates (subject to hydrolysis) is 1. The summed E-state index contributed by atoms with van der Waals surface area (Å²) in [6.45, 7) is 12.7. The van der Waals surface area contributed by atoms with Gasteiger partial charge in [0.2, 0.25) is 0 Å². The smallest absolute Gasteiger partial charge is 0.408 e. The Balaban J connectivity index is 2.55. The lowest BCUT2D eigenvalue weighted by Gasteiger charge is -2.26. The van der Waals surface area contributed by atoms with E-state index in [4.69, 9.17) is 14.2 Å². The molecule has 1 amide bonds. The van der Waals surface area contributed by atoms with Gasteiger partial charge in [-0.3, -0.25) is 0 Å². The monoisotopic (exact) mass is 377 g/mol. The quantitative estimate of drug-likeness (QED) is 0.520. The number of esters is 1. The molecular formula is C21H31NO5. The zero-order valence-electron chi connectivity index (χ0n) is 16.9. The molecule has 1 aromatic carbocycles. The van der Waals surface area contributed by atoms with E-state index in [0.717, 1.165) is 5.56 Å². The van der Waals surface area contributed by atoms with Crippen molar-refractivity contribution in [2.45, 2.75) is 71.5 Å². The highest BCUT2D eigenvalue weighted by molar-refractivity contribution is 5.81. The predicted molar refractivity (Wildman–Crippen MR) is 104 cm³/mol. The minimum absolute atomic E-state index is 0.333. The first-order valence-electron chi connectivity index (χ1n) is 9.09. The van der Waals surface area contributed by atoms with E-state index in [1.54, 1.807) is 40.7 Å². The second kappa shape index (κ2) is 10.7. The van der Waals surface area contributed by atoms with E-state index in [9.17, 15) is 9.59 Å². The van der Waals surface area contributed by atoms with Crippen molar-refractivity contribution >= 4 is 12.1 Å². The summed E-state index contributed by atoms with van der Waals surface area (Å²) in [6, 6.07) is 8.92. The number of ether oxygens (including phenoxy) is 3. The van der Waals surface area contributed by atoms with Gasteiger partial charge in [-0.2, -0.15) is 0 Å². The second-order valence-corrected chi connectivity index (χ2v) is 7.37. The molecule has 0 aromatic heterocycles. The normalized spacial score (nSPS) is 14.6. The van der Waals surface area contributed by atoms with Crippen LogP contribution in [-0.2, 0) is 25.6 Å². The molecule has 0 bridgehead atoms. The molecule has 1 N–H and O–H groups in total. The Morgan fingerprint density at radius 3 is 2.37 bits per heavy atom. The lowest BCUT2D eigenvalue weighted by Crippen LogP contribution is -2.44. The average Bonchev–Trinajstić information content (AvgIpc) is 2.57.